The van der Waals surface area contributed by atoms with Crippen LogP contribution in [0.3, 0.4) is 0 Å². The number of nitrogens with zero attached hydrogens (tertiary/aromatic N) is 3. The van der Waals surface area contributed by atoms with Crippen LogP contribution in [-0.2, 0) is 0 Å². The van der Waals surface area contributed by atoms with E-state index in [9.17, 15) is 0 Å². The largest absolute Gasteiger partial charge is 0.290 e. The third-order valence-corrected chi connectivity index (χ3v) is 3.21. The number of nitriles is 1. The molecule has 3 rings (SSSR count). The van der Waals surface area contributed by atoms with Gasteiger partial charge in [0.1, 0.15) is 10.7 Å². The third-order valence-electron chi connectivity index (χ3n) is 2.41. The van der Waals surface area contributed by atoms with Crippen molar-refractivity contribution < 1.29 is 0 Å². The maximum Gasteiger partial charge on any atom is 0.145 e. The van der Waals surface area contributed by atoms with Gasteiger partial charge in [-0.05, 0) is 12.1 Å². The molecule has 0 saturated heterocycles. The summed E-state index contributed by atoms with van der Waals surface area (Å²) in [6.07, 6.45) is 3.83. The third kappa shape index (κ3) is 2.13. The van der Waals surface area contributed by atoms with E-state index in [0.29, 0.717) is 5.56 Å². The second-order valence-corrected chi connectivity index (χ2v) is 4.31. The summed E-state index contributed by atoms with van der Waals surface area (Å²) in [6, 6.07) is 9.63. The van der Waals surface area contributed by atoms with Crippen molar-refractivity contribution in [2.75, 3.05) is 0 Å². The molecule has 1 aromatic carbocycles. The first-order chi connectivity index (χ1) is 8.88. The lowest BCUT2D eigenvalue weighted by Gasteiger charge is -1.98. The summed E-state index contributed by atoms with van der Waals surface area (Å²) in [5, 5.41) is 10.9. The van der Waals surface area contributed by atoms with Crippen LogP contribution in [-0.4, -0.2) is 9.38 Å². The molecule has 0 fully saturated rings. The summed E-state index contributed by atoms with van der Waals surface area (Å²) in [5.74, 6) is 0.883. The van der Waals surface area contributed by atoms with E-state index in [1.54, 1.807) is 17.4 Å². The molecule has 0 atom stereocenters. The number of imidazole rings is 1. The van der Waals surface area contributed by atoms with Crippen LogP contribution in [0.25, 0.3) is 16.2 Å². The van der Waals surface area contributed by atoms with Crippen molar-refractivity contribution in [3.63, 3.8) is 0 Å². The molecule has 0 unspecified atom stereocenters. The van der Waals surface area contributed by atoms with Crippen LogP contribution < -0.4 is 0 Å². The Morgan fingerprint density at radius 2 is 2.17 bits per heavy atom. The molecule has 0 bridgehead atoms. The number of fused-ring (bicyclic) bond motifs is 1. The molecule has 0 amide bonds. The molecule has 3 nitrogen and oxygen atoms in total. The monoisotopic (exact) mass is 255 g/mol. The Morgan fingerprint density at radius 3 is 2.94 bits per heavy atom. The first kappa shape index (κ1) is 12.3. The predicted octanol–water partition coefficient (Wildman–Crippen LogP) is 3.96. The fourth-order valence-corrected chi connectivity index (χ4v) is 2.38. The molecule has 0 aliphatic carbocycles. The fourth-order valence-electron chi connectivity index (χ4n) is 1.68. The van der Waals surface area contributed by atoms with Crippen molar-refractivity contribution in [2.24, 2.45) is 0 Å². The van der Waals surface area contributed by atoms with Gasteiger partial charge in [0.15, 0.2) is 0 Å². The van der Waals surface area contributed by atoms with E-state index in [0.717, 1.165) is 16.2 Å². The zero-order chi connectivity index (χ0) is 13.0. The van der Waals surface area contributed by atoms with E-state index < -0.39 is 0 Å². The zero-order valence-corrected chi connectivity index (χ0v) is 11.1. The number of hydrogen-bond acceptors (Lipinski definition) is 3. The Balaban J connectivity index is 0.000000574. The quantitative estimate of drug-likeness (QED) is 0.660. The average molecular weight is 255 g/mol. The van der Waals surface area contributed by atoms with Gasteiger partial charge in [-0.3, -0.25) is 4.40 Å². The van der Waals surface area contributed by atoms with Crippen molar-refractivity contribution in [2.45, 2.75) is 13.8 Å². The average Bonchev–Trinajstić information content (AvgIpc) is 3.03. The van der Waals surface area contributed by atoms with E-state index in [1.807, 2.05) is 54.2 Å². The summed E-state index contributed by atoms with van der Waals surface area (Å²) in [4.78, 5) is 5.47. The molecule has 4 heteroatoms. The minimum atomic E-state index is 0.657. The normalized spacial score (nSPS) is 9.61. The molecule has 0 N–H and O–H groups in total. The highest BCUT2D eigenvalue weighted by atomic mass is 32.1. The van der Waals surface area contributed by atoms with Gasteiger partial charge in [0.25, 0.3) is 0 Å². The van der Waals surface area contributed by atoms with Crippen LogP contribution in [0.5, 0.6) is 0 Å². The number of aromatic nitrogens is 2. The summed E-state index contributed by atoms with van der Waals surface area (Å²) in [6.45, 7) is 4.00. The SMILES string of the molecule is CC.N#Cc1cccc(-c2ncc3sccn23)c1. The van der Waals surface area contributed by atoms with Crippen molar-refractivity contribution in [3.05, 3.63) is 47.6 Å². The minimum Gasteiger partial charge on any atom is -0.290 e. The van der Waals surface area contributed by atoms with Crippen molar-refractivity contribution >= 4 is 16.2 Å². The van der Waals surface area contributed by atoms with Gasteiger partial charge >= 0.3 is 0 Å². The topological polar surface area (TPSA) is 41.1 Å². The van der Waals surface area contributed by atoms with Crippen molar-refractivity contribution in [1.29, 1.82) is 5.26 Å². The second kappa shape index (κ2) is 5.48. The highest BCUT2D eigenvalue weighted by Gasteiger charge is 2.07. The molecule has 0 saturated carbocycles. The number of benzene rings is 1. The first-order valence-electron chi connectivity index (χ1n) is 5.79. The minimum absolute atomic E-state index is 0.657. The second-order valence-electron chi connectivity index (χ2n) is 3.39. The van der Waals surface area contributed by atoms with Crippen LogP contribution in [0.1, 0.15) is 19.4 Å². The molecular formula is C14H13N3S. The Morgan fingerprint density at radius 1 is 1.33 bits per heavy atom. The highest BCUT2D eigenvalue weighted by Crippen LogP contribution is 2.23. The lowest BCUT2D eigenvalue weighted by Crippen LogP contribution is -1.86. The van der Waals surface area contributed by atoms with Crippen LogP contribution in [0.15, 0.2) is 42.0 Å². The lowest BCUT2D eigenvalue weighted by atomic mass is 10.1. The van der Waals surface area contributed by atoms with E-state index in [2.05, 4.69) is 11.1 Å². The molecule has 2 heterocycles. The Labute approximate surface area is 110 Å². The smallest absolute Gasteiger partial charge is 0.145 e. The van der Waals surface area contributed by atoms with Gasteiger partial charge in [0.05, 0.1) is 17.8 Å². The first-order valence-corrected chi connectivity index (χ1v) is 6.67. The van der Waals surface area contributed by atoms with Crippen LogP contribution in [0.4, 0.5) is 0 Å². The lowest BCUT2D eigenvalue weighted by molar-refractivity contribution is 1.18. The molecule has 0 spiro atoms. The molecule has 0 aliphatic heterocycles. The van der Waals surface area contributed by atoms with Gasteiger partial charge in [-0.2, -0.15) is 5.26 Å². The number of hydrogen-bond donors (Lipinski definition) is 0. The van der Waals surface area contributed by atoms with Crippen LogP contribution in [0.2, 0.25) is 0 Å². The Hall–Kier alpha value is -2.12. The van der Waals surface area contributed by atoms with E-state index in [4.69, 9.17) is 5.26 Å². The summed E-state index contributed by atoms with van der Waals surface area (Å²) in [7, 11) is 0. The molecule has 18 heavy (non-hydrogen) atoms. The van der Waals surface area contributed by atoms with Crippen molar-refractivity contribution in [3.8, 4) is 17.5 Å². The summed E-state index contributed by atoms with van der Waals surface area (Å²) < 4.78 is 2.03. The van der Waals surface area contributed by atoms with Gasteiger partial charge in [-0.1, -0.05) is 26.0 Å². The predicted molar refractivity (Wildman–Crippen MR) is 74.6 cm³/mol. The van der Waals surface area contributed by atoms with Gasteiger partial charge in [-0.15, -0.1) is 11.3 Å². The van der Waals surface area contributed by atoms with Crippen LogP contribution >= 0.6 is 11.3 Å². The van der Waals surface area contributed by atoms with E-state index >= 15 is 0 Å². The zero-order valence-electron chi connectivity index (χ0n) is 10.3. The molecule has 2 aromatic heterocycles. The van der Waals surface area contributed by atoms with Gasteiger partial charge < -0.3 is 0 Å². The van der Waals surface area contributed by atoms with Gasteiger partial charge in [0.2, 0.25) is 0 Å². The standard InChI is InChI=1S/C12H7N3S.C2H6/c13-7-9-2-1-3-10(6-9)12-14-8-11-15(12)4-5-16-11;1-2/h1-6,8H;1-2H3. The van der Waals surface area contributed by atoms with E-state index in [1.165, 1.54) is 0 Å². The van der Waals surface area contributed by atoms with Gasteiger partial charge in [0, 0.05) is 17.1 Å². The van der Waals surface area contributed by atoms with E-state index in [-0.39, 0.29) is 0 Å². The molecule has 0 aliphatic rings. The highest BCUT2D eigenvalue weighted by molar-refractivity contribution is 7.15. The molecule has 90 valence electrons. The Kier molecular flexibility index (Phi) is 3.75. The Bertz CT molecular complexity index is 688. The van der Waals surface area contributed by atoms with Crippen LogP contribution in [0, 0.1) is 11.3 Å². The summed E-state index contributed by atoms with van der Waals surface area (Å²) >= 11 is 1.65. The van der Waals surface area contributed by atoms with Crippen molar-refractivity contribution in [1.82, 2.24) is 9.38 Å². The summed E-state index contributed by atoms with van der Waals surface area (Å²) in [5.41, 5.74) is 1.63. The molecular weight excluding hydrogens is 242 g/mol. The van der Waals surface area contributed by atoms with Gasteiger partial charge in [-0.25, -0.2) is 4.98 Å². The number of rotatable bonds is 1. The number of thiazole rings is 1. The molecule has 0 radical (unpaired) electrons. The maximum absolute atomic E-state index is 8.86. The fraction of sp³-hybridized carbons (Fsp3) is 0.143. The maximum atomic E-state index is 8.86. The molecule has 3 aromatic rings.